The smallest absolute Gasteiger partial charge is 0.234 e. The molecule has 3 aromatic rings. The van der Waals surface area contributed by atoms with E-state index in [2.05, 4.69) is 55.3 Å². The Kier molecular flexibility index (Phi) is 6.01. The molecule has 5 heteroatoms. The lowest BCUT2D eigenvalue weighted by atomic mass is 10.1. The van der Waals surface area contributed by atoms with Crippen LogP contribution in [0.5, 0.6) is 0 Å². The fourth-order valence-electron chi connectivity index (χ4n) is 3.07. The summed E-state index contributed by atoms with van der Waals surface area (Å²) < 4.78 is 2.05. The van der Waals surface area contributed by atoms with E-state index in [-0.39, 0.29) is 5.91 Å². The van der Waals surface area contributed by atoms with Gasteiger partial charge in [0, 0.05) is 18.1 Å². The largest absolute Gasteiger partial charge is 0.325 e. The SMILES string of the molecule is CCc1cccc(C)c1NC(=O)CSc1nccn1-c1cc(C)ccc1C. The molecule has 0 saturated carbocycles. The monoisotopic (exact) mass is 379 g/mol. The predicted octanol–water partition coefficient (Wildman–Crippen LogP) is 5.09. The van der Waals surface area contributed by atoms with Crippen molar-refractivity contribution in [1.29, 1.82) is 0 Å². The van der Waals surface area contributed by atoms with Crippen LogP contribution >= 0.6 is 11.8 Å². The zero-order chi connectivity index (χ0) is 19.4. The van der Waals surface area contributed by atoms with E-state index in [4.69, 9.17) is 0 Å². The van der Waals surface area contributed by atoms with Crippen LogP contribution in [0.3, 0.4) is 0 Å². The van der Waals surface area contributed by atoms with Crippen molar-refractivity contribution in [3.8, 4) is 5.69 Å². The summed E-state index contributed by atoms with van der Waals surface area (Å²) in [5.41, 5.74) is 6.66. The summed E-state index contributed by atoms with van der Waals surface area (Å²) in [5, 5.41) is 3.89. The summed E-state index contributed by atoms with van der Waals surface area (Å²) in [5.74, 6) is 0.304. The normalized spacial score (nSPS) is 10.8. The van der Waals surface area contributed by atoms with Gasteiger partial charge in [0.2, 0.25) is 5.91 Å². The minimum Gasteiger partial charge on any atom is -0.325 e. The van der Waals surface area contributed by atoms with Gasteiger partial charge in [-0.25, -0.2) is 4.98 Å². The van der Waals surface area contributed by atoms with E-state index < -0.39 is 0 Å². The maximum atomic E-state index is 12.5. The van der Waals surface area contributed by atoms with Gasteiger partial charge in [-0.2, -0.15) is 0 Å². The molecule has 1 N–H and O–H groups in total. The molecule has 1 aromatic heterocycles. The number of thioether (sulfide) groups is 1. The average Bonchev–Trinajstić information content (AvgIpc) is 3.12. The zero-order valence-electron chi connectivity index (χ0n) is 16.2. The third kappa shape index (κ3) is 4.42. The van der Waals surface area contributed by atoms with E-state index in [0.717, 1.165) is 34.1 Å². The van der Waals surface area contributed by atoms with Crippen molar-refractivity contribution in [3.63, 3.8) is 0 Å². The molecule has 0 aliphatic heterocycles. The van der Waals surface area contributed by atoms with E-state index in [1.807, 2.05) is 29.8 Å². The highest BCUT2D eigenvalue weighted by Crippen LogP contribution is 2.25. The third-order valence-electron chi connectivity index (χ3n) is 4.57. The highest BCUT2D eigenvalue weighted by Gasteiger charge is 2.13. The van der Waals surface area contributed by atoms with Crippen molar-refractivity contribution in [3.05, 3.63) is 71.0 Å². The fraction of sp³-hybridized carbons (Fsp3) is 0.273. The van der Waals surface area contributed by atoms with Gasteiger partial charge in [-0.3, -0.25) is 9.36 Å². The minimum atomic E-state index is -0.0143. The van der Waals surface area contributed by atoms with Gasteiger partial charge in [0.15, 0.2) is 5.16 Å². The number of carbonyl (C=O) groups is 1. The lowest BCUT2D eigenvalue weighted by Gasteiger charge is -2.14. The summed E-state index contributed by atoms with van der Waals surface area (Å²) in [6.45, 7) is 8.28. The Balaban J connectivity index is 1.73. The molecule has 0 fully saturated rings. The first kappa shape index (κ1) is 19.2. The summed E-state index contributed by atoms with van der Waals surface area (Å²) in [6, 6.07) is 12.5. The summed E-state index contributed by atoms with van der Waals surface area (Å²) >= 11 is 1.45. The van der Waals surface area contributed by atoms with Crippen molar-refractivity contribution < 1.29 is 4.79 Å². The Hall–Kier alpha value is -2.53. The molecule has 0 unspecified atom stereocenters. The van der Waals surface area contributed by atoms with Crippen molar-refractivity contribution >= 4 is 23.4 Å². The van der Waals surface area contributed by atoms with Gasteiger partial charge in [-0.05, 0) is 55.5 Å². The van der Waals surface area contributed by atoms with Crippen LogP contribution in [0.15, 0.2) is 53.9 Å². The first-order valence-corrected chi connectivity index (χ1v) is 10.1. The van der Waals surface area contributed by atoms with Gasteiger partial charge < -0.3 is 5.32 Å². The molecule has 1 amide bonds. The van der Waals surface area contributed by atoms with Crippen molar-refractivity contribution in [2.75, 3.05) is 11.1 Å². The molecule has 140 valence electrons. The number of nitrogens with one attached hydrogen (secondary N) is 1. The number of imidazole rings is 1. The molecular weight excluding hydrogens is 354 g/mol. The minimum absolute atomic E-state index is 0.0143. The highest BCUT2D eigenvalue weighted by atomic mass is 32.2. The Labute approximate surface area is 165 Å². The van der Waals surface area contributed by atoms with E-state index in [1.165, 1.54) is 22.9 Å². The summed E-state index contributed by atoms with van der Waals surface area (Å²) in [4.78, 5) is 17.0. The van der Waals surface area contributed by atoms with E-state index in [9.17, 15) is 4.79 Å². The number of anilines is 1. The number of rotatable bonds is 6. The van der Waals surface area contributed by atoms with Crippen LogP contribution in [-0.2, 0) is 11.2 Å². The third-order valence-corrected chi connectivity index (χ3v) is 5.53. The molecule has 0 saturated heterocycles. The van der Waals surface area contributed by atoms with Crippen molar-refractivity contribution in [2.24, 2.45) is 0 Å². The number of nitrogens with zero attached hydrogens (tertiary/aromatic N) is 2. The molecule has 0 bridgehead atoms. The maximum Gasteiger partial charge on any atom is 0.234 e. The van der Waals surface area contributed by atoms with Crippen LogP contribution < -0.4 is 5.32 Å². The molecular formula is C22H25N3OS. The first-order valence-electron chi connectivity index (χ1n) is 9.11. The number of amides is 1. The standard InChI is InChI=1S/C22H25N3OS/c1-5-18-8-6-7-17(4)21(18)24-20(26)14-27-22-23-11-12-25(22)19-13-15(2)9-10-16(19)3/h6-13H,5,14H2,1-4H3,(H,24,26). The second-order valence-electron chi connectivity index (χ2n) is 6.67. The predicted molar refractivity (Wildman–Crippen MR) is 113 cm³/mol. The number of aryl methyl sites for hydroxylation is 4. The number of hydrogen-bond acceptors (Lipinski definition) is 3. The molecule has 2 aromatic carbocycles. The molecule has 0 aliphatic rings. The highest BCUT2D eigenvalue weighted by molar-refractivity contribution is 7.99. The Morgan fingerprint density at radius 2 is 1.96 bits per heavy atom. The van der Waals surface area contributed by atoms with Crippen molar-refractivity contribution in [2.45, 2.75) is 39.3 Å². The molecule has 0 radical (unpaired) electrons. The number of aromatic nitrogens is 2. The van der Waals surface area contributed by atoms with Crippen LogP contribution in [0.4, 0.5) is 5.69 Å². The van der Waals surface area contributed by atoms with Crippen LogP contribution in [0.1, 0.15) is 29.2 Å². The molecule has 4 nitrogen and oxygen atoms in total. The second kappa shape index (κ2) is 8.44. The van der Waals surface area contributed by atoms with Crippen LogP contribution in [0.25, 0.3) is 5.69 Å². The van der Waals surface area contributed by atoms with Gasteiger partial charge in [-0.1, -0.05) is 49.0 Å². The number of benzene rings is 2. The topological polar surface area (TPSA) is 46.9 Å². The maximum absolute atomic E-state index is 12.5. The van der Waals surface area contributed by atoms with Gasteiger partial charge in [0.25, 0.3) is 0 Å². The van der Waals surface area contributed by atoms with E-state index in [1.54, 1.807) is 6.20 Å². The molecule has 1 heterocycles. The Morgan fingerprint density at radius 1 is 1.15 bits per heavy atom. The molecule has 27 heavy (non-hydrogen) atoms. The first-order chi connectivity index (χ1) is 13.0. The average molecular weight is 380 g/mol. The van der Waals surface area contributed by atoms with Crippen LogP contribution in [0, 0.1) is 20.8 Å². The second-order valence-corrected chi connectivity index (χ2v) is 7.61. The molecule has 3 rings (SSSR count). The van der Waals surface area contributed by atoms with Crippen LogP contribution in [0.2, 0.25) is 0 Å². The van der Waals surface area contributed by atoms with Gasteiger partial charge in [-0.15, -0.1) is 0 Å². The van der Waals surface area contributed by atoms with E-state index in [0.29, 0.717) is 5.75 Å². The lowest BCUT2D eigenvalue weighted by Crippen LogP contribution is -2.16. The van der Waals surface area contributed by atoms with Gasteiger partial charge in [0.1, 0.15) is 0 Å². The summed E-state index contributed by atoms with van der Waals surface area (Å²) in [6.07, 6.45) is 4.61. The Morgan fingerprint density at radius 3 is 2.74 bits per heavy atom. The van der Waals surface area contributed by atoms with Crippen molar-refractivity contribution in [1.82, 2.24) is 9.55 Å². The zero-order valence-corrected chi connectivity index (χ0v) is 17.1. The Bertz CT molecular complexity index is 962. The number of carbonyl (C=O) groups excluding carboxylic acids is 1. The molecule has 0 atom stereocenters. The number of hydrogen-bond donors (Lipinski definition) is 1. The lowest BCUT2D eigenvalue weighted by molar-refractivity contribution is -0.113. The fourth-order valence-corrected chi connectivity index (χ4v) is 3.83. The molecule has 0 spiro atoms. The van der Waals surface area contributed by atoms with Gasteiger partial charge in [0.05, 0.1) is 11.4 Å². The van der Waals surface area contributed by atoms with E-state index >= 15 is 0 Å². The summed E-state index contributed by atoms with van der Waals surface area (Å²) in [7, 11) is 0. The van der Waals surface area contributed by atoms with Crippen LogP contribution in [-0.4, -0.2) is 21.2 Å². The number of para-hydroxylation sites is 1. The van der Waals surface area contributed by atoms with Gasteiger partial charge >= 0.3 is 0 Å². The molecule has 0 aliphatic carbocycles. The quantitative estimate of drug-likeness (QED) is 0.607.